The van der Waals surface area contributed by atoms with Crippen LogP contribution in [0, 0.1) is 12.7 Å². The van der Waals surface area contributed by atoms with E-state index in [1.54, 1.807) is 12.1 Å². The highest BCUT2D eigenvalue weighted by molar-refractivity contribution is 6.32. The van der Waals surface area contributed by atoms with E-state index in [0.29, 0.717) is 23.1 Å². The summed E-state index contributed by atoms with van der Waals surface area (Å²) in [5.74, 6) is 0.913. The Morgan fingerprint density at radius 3 is 2.70 bits per heavy atom. The molecule has 2 aromatic rings. The number of rotatable bonds is 5. The lowest BCUT2D eigenvalue weighted by atomic mass is 10.2. The van der Waals surface area contributed by atoms with Crippen molar-refractivity contribution in [1.82, 2.24) is 5.32 Å². The van der Waals surface area contributed by atoms with Crippen LogP contribution in [0.3, 0.4) is 0 Å². The van der Waals surface area contributed by atoms with Crippen LogP contribution in [-0.4, -0.2) is 6.54 Å². The minimum absolute atomic E-state index is 0.277. The predicted octanol–water partition coefficient (Wildman–Crippen LogP) is 4.69. The summed E-state index contributed by atoms with van der Waals surface area (Å²) in [7, 11) is 0. The third-order valence-corrected chi connectivity index (χ3v) is 3.21. The first-order valence-electron chi connectivity index (χ1n) is 6.53. The van der Waals surface area contributed by atoms with Crippen molar-refractivity contribution >= 4 is 11.6 Å². The fourth-order valence-electron chi connectivity index (χ4n) is 1.85. The Kier molecular flexibility index (Phi) is 4.99. The zero-order valence-corrected chi connectivity index (χ0v) is 12.3. The zero-order valence-electron chi connectivity index (χ0n) is 11.5. The van der Waals surface area contributed by atoms with Crippen molar-refractivity contribution < 1.29 is 9.13 Å². The molecule has 0 unspecified atom stereocenters. The van der Waals surface area contributed by atoms with E-state index >= 15 is 0 Å². The van der Waals surface area contributed by atoms with Crippen LogP contribution in [0.5, 0.6) is 11.5 Å². The summed E-state index contributed by atoms with van der Waals surface area (Å²) in [5.41, 5.74) is 1.82. The van der Waals surface area contributed by atoms with Crippen LogP contribution in [0.4, 0.5) is 4.39 Å². The summed E-state index contributed by atoms with van der Waals surface area (Å²) in [6, 6.07) is 10.1. The van der Waals surface area contributed by atoms with Gasteiger partial charge < -0.3 is 10.1 Å². The van der Waals surface area contributed by atoms with Crippen LogP contribution in [0.15, 0.2) is 36.4 Å². The molecule has 0 aromatic heterocycles. The first-order valence-corrected chi connectivity index (χ1v) is 6.91. The largest absolute Gasteiger partial charge is 0.455 e. The summed E-state index contributed by atoms with van der Waals surface area (Å²) in [4.78, 5) is 0. The Bertz CT molecular complexity index is 601. The Balaban J connectivity index is 2.30. The van der Waals surface area contributed by atoms with Gasteiger partial charge in [-0.2, -0.15) is 0 Å². The van der Waals surface area contributed by atoms with Crippen LogP contribution in [0.25, 0.3) is 0 Å². The first kappa shape index (κ1) is 14.8. The van der Waals surface area contributed by atoms with E-state index in [-0.39, 0.29) is 5.82 Å². The van der Waals surface area contributed by atoms with Crippen molar-refractivity contribution in [1.29, 1.82) is 0 Å². The van der Waals surface area contributed by atoms with E-state index in [2.05, 4.69) is 5.32 Å². The molecular weight excluding hydrogens is 277 g/mol. The smallest absolute Gasteiger partial charge is 0.146 e. The van der Waals surface area contributed by atoms with Gasteiger partial charge in [-0.1, -0.05) is 24.6 Å². The minimum Gasteiger partial charge on any atom is -0.455 e. The van der Waals surface area contributed by atoms with Crippen molar-refractivity contribution in [2.24, 2.45) is 0 Å². The molecule has 0 radical (unpaired) electrons. The van der Waals surface area contributed by atoms with E-state index in [1.807, 2.05) is 26.0 Å². The van der Waals surface area contributed by atoms with Gasteiger partial charge >= 0.3 is 0 Å². The molecule has 1 N–H and O–H groups in total. The van der Waals surface area contributed by atoms with E-state index in [0.717, 1.165) is 17.7 Å². The summed E-state index contributed by atoms with van der Waals surface area (Å²) in [5, 5.41) is 3.70. The maximum Gasteiger partial charge on any atom is 0.146 e. The maximum absolute atomic E-state index is 13.3. The number of benzene rings is 2. The third kappa shape index (κ3) is 3.71. The summed E-state index contributed by atoms with van der Waals surface area (Å²) < 4.78 is 19.2. The molecular formula is C16H17ClFNO. The van der Waals surface area contributed by atoms with E-state index in [1.165, 1.54) is 12.1 Å². The van der Waals surface area contributed by atoms with Crippen LogP contribution >= 0.6 is 11.6 Å². The maximum atomic E-state index is 13.3. The Labute approximate surface area is 123 Å². The van der Waals surface area contributed by atoms with Gasteiger partial charge in [-0.25, -0.2) is 4.39 Å². The molecule has 0 spiro atoms. The summed E-state index contributed by atoms with van der Waals surface area (Å²) in [6.07, 6.45) is 0. The SMILES string of the molecule is CCNCc1cc(F)ccc1Oc1cc(C)ccc1Cl. The van der Waals surface area contributed by atoms with Crippen molar-refractivity contribution in [2.75, 3.05) is 6.54 Å². The number of hydrogen-bond acceptors (Lipinski definition) is 2. The molecule has 4 heteroatoms. The van der Waals surface area contributed by atoms with Gasteiger partial charge in [-0.05, 0) is 49.4 Å². The molecule has 0 saturated heterocycles. The molecule has 20 heavy (non-hydrogen) atoms. The van der Waals surface area contributed by atoms with E-state index in [9.17, 15) is 4.39 Å². The Morgan fingerprint density at radius 2 is 1.95 bits per heavy atom. The summed E-state index contributed by atoms with van der Waals surface area (Å²) in [6.45, 7) is 5.32. The molecule has 0 amide bonds. The van der Waals surface area contributed by atoms with Crippen LogP contribution < -0.4 is 10.1 Å². The van der Waals surface area contributed by atoms with Gasteiger partial charge in [-0.15, -0.1) is 0 Å². The van der Waals surface area contributed by atoms with E-state index < -0.39 is 0 Å². The fraction of sp³-hybridized carbons (Fsp3) is 0.250. The second kappa shape index (κ2) is 6.73. The lowest BCUT2D eigenvalue weighted by Crippen LogP contribution is -2.12. The van der Waals surface area contributed by atoms with Gasteiger partial charge in [0.15, 0.2) is 0 Å². The van der Waals surface area contributed by atoms with Crippen molar-refractivity contribution in [3.05, 3.63) is 58.4 Å². The Morgan fingerprint density at radius 1 is 1.15 bits per heavy atom. The Hall–Kier alpha value is -1.58. The second-order valence-corrected chi connectivity index (χ2v) is 4.98. The first-order chi connectivity index (χ1) is 9.60. The van der Waals surface area contributed by atoms with Crippen LogP contribution in [-0.2, 0) is 6.54 Å². The molecule has 2 rings (SSSR count). The lowest BCUT2D eigenvalue weighted by Gasteiger charge is -2.13. The van der Waals surface area contributed by atoms with Gasteiger partial charge in [0.2, 0.25) is 0 Å². The minimum atomic E-state index is -0.277. The van der Waals surface area contributed by atoms with Gasteiger partial charge in [0.05, 0.1) is 5.02 Å². The highest BCUT2D eigenvalue weighted by Gasteiger charge is 2.09. The number of hydrogen-bond donors (Lipinski definition) is 1. The second-order valence-electron chi connectivity index (χ2n) is 4.57. The number of halogens is 2. The summed E-state index contributed by atoms with van der Waals surface area (Å²) >= 11 is 6.12. The molecule has 0 saturated carbocycles. The van der Waals surface area contributed by atoms with Crippen molar-refractivity contribution in [3.63, 3.8) is 0 Å². The van der Waals surface area contributed by atoms with Crippen molar-refractivity contribution in [2.45, 2.75) is 20.4 Å². The molecule has 0 fully saturated rings. The lowest BCUT2D eigenvalue weighted by molar-refractivity contribution is 0.470. The standard InChI is InChI=1S/C16H17ClFNO/c1-3-19-10-12-9-13(18)5-7-15(12)20-16-8-11(2)4-6-14(16)17/h4-9,19H,3,10H2,1-2H3. The van der Waals surface area contributed by atoms with Gasteiger partial charge in [0.25, 0.3) is 0 Å². The monoisotopic (exact) mass is 293 g/mol. The van der Waals surface area contributed by atoms with Gasteiger partial charge in [-0.3, -0.25) is 0 Å². The van der Waals surface area contributed by atoms with Crippen LogP contribution in [0.1, 0.15) is 18.1 Å². The van der Waals surface area contributed by atoms with Crippen molar-refractivity contribution in [3.8, 4) is 11.5 Å². The van der Waals surface area contributed by atoms with Gasteiger partial charge in [0, 0.05) is 12.1 Å². The molecule has 0 aliphatic rings. The van der Waals surface area contributed by atoms with Gasteiger partial charge in [0.1, 0.15) is 17.3 Å². The average molecular weight is 294 g/mol. The third-order valence-electron chi connectivity index (χ3n) is 2.89. The normalized spacial score (nSPS) is 10.6. The number of aryl methyl sites for hydroxylation is 1. The topological polar surface area (TPSA) is 21.3 Å². The molecule has 0 aliphatic carbocycles. The molecule has 0 heterocycles. The van der Waals surface area contributed by atoms with E-state index in [4.69, 9.17) is 16.3 Å². The number of nitrogens with one attached hydrogen (secondary N) is 1. The van der Waals surface area contributed by atoms with Crippen LogP contribution in [0.2, 0.25) is 5.02 Å². The number of ether oxygens (including phenoxy) is 1. The highest BCUT2D eigenvalue weighted by Crippen LogP contribution is 2.32. The zero-order chi connectivity index (χ0) is 14.5. The predicted molar refractivity (Wildman–Crippen MR) is 80.0 cm³/mol. The molecule has 2 nitrogen and oxygen atoms in total. The quantitative estimate of drug-likeness (QED) is 0.863. The molecule has 0 atom stereocenters. The molecule has 106 valence electrons. The fourth-order valence-corrected chi connectivity index (χ4v) is 2.01. The molecule has 2 aromatic carbocycles. The average Bonchev–Trinajstić information content (AvgIpc) is 2.43. The molecule has 0 bridgehead atoms. The highest BCUT2D eigenvalue weighted by atomic mass is 35.5. The molecule has 0 aliphatic heterocycles.